The van der Waals surface area contributed by atoms with Crippen molar-refractivity contribution >= 4 is 33.6 Å². The molecule has 1 N–H and O–H groups in total. The second kappa shape index (κ2) is 7.66. The van der Waals surface area contributed by atoms with Crippen LogP contribution in [0.15, 0.2) is 15.8 Å². The molecule has 0 saturated heterocycles. The highest BCUT2D eigenvalue weighted by Gasteiger charge is 2.12. The number of halogens is 1. The van der Waals surface area contributed by atoms with Crippen LogP contribution in [-0.2, 0) is 0 Å². The van der Waals surface area contributed by atoms with Gasteiger partial charge in [-0.1, -0.05) is 31.5 Å². The number of nitrogens with zero attached hydrogens (tertiary/aromatic N) is 2. The van der Waals surface area contributed by atoms with Gasteiger partial charge in [0.05, 0.1) is 4.47 Å². The predicted molar refractivity (Wildman–Crippen MR) is 73.4 cm³/mol. The molecule has 0 atom stereocenters. The van der Waals surface area contributed by atoms with E-state index in [2.05, 4.69) is 38.1 Å². The third-order valence-electron chi connectivity index (χ3n) is 2.19. The first kappa shape index (κ1) is 14.4. The van der Waals surface area contributed by atoms with Gasteiger partial charge in [0.15, 0.2) is 5.16 Å². The smallest absolute Gasteiger partial charge is 0.271 e. The molecule has 1 aromatic heterocycles. The molecule has 94 valence electrons. The van der Waals surface area contributed by atoms with Crippen LogP contribution in [-0.4, -0.2) is 28.7 Å². The number of hydrogen-bond acceptors (Lipinski definition) is 4. The molecule has 0 aliphatic heterocycles. The summed E-state index contributed by atoms with van der Waals surface area (Å²) >= 11 is 4.71. The summed E-state index contributed by atoms with van der Waals surface area (Å²) in [5.41, 5.74) is 0.404. The molecule has 0 fully saturated rings. The van der Waals surface area contributed by atoms with Crippen LogP contribution in [0.25, 0.3) is 0 Å². The lowest BCUT2D eigenvalue weighted by molar-refractivity contribution is 0.0946. The van der Waals surface area contributed by atoms with Gasteiger partial charge in [-0.15, -0.1) is 0 Å². The third-order valence-corrected chi connectivity index (χ3v) is 3.33. The fourth-order valence-corrected chi connectivity index (χ4v) is 1.98. The highest BCUT2D eigenvalue weighted by atomic mass is 79.9. The van der Waals surface area contributed by atoms with Gasteiger partial charge in [0, 0.05) is 12.7 Å². The van der Waals surface area contributed by atoms with Crippen LogP contribution in [0.5, 0.6) is 0 Å². The molecule has 1 rings (SSSR count). The minimum Gasteiger partial charge on any atom is -0.351 e. The Labute approximate surface area is 114 Å². The number of hydrogen-bond donors (Lipinski definition) is 1. The maximum absolute atomic E-state index is 11.9. The molecule has 6 heteroatoms. The fourth-order valence-electron chi connectivity index (χ4n) is 1.27. The van der Waals surface area contributed by atoms with E-state index in [0.29, 0.717) is 21.9 Å². The van der Waals surface area contributed by atoms with Gasteiger partial charge >= 0.3 is 0 Å². The summed E-state index contributed by atoms with van der Waals surface area (Å²) < 4.78 is 0.628. The molecule has 17 heavy (non-hydrogen) atoms. The van der Waals surface area contributed by atoms with Crippen LogP contribution in [0, 0.1) is 0 Å². The average Bonchev–Trinajstić information content (AvgIpc) is 2.35. The topological polar surface area (TPSA) is 54.9 Å². The van der Waals surface area contributed by atoms with E-state index in [0.717, 1.165) is 19.3 Å². The van der Waals surface area contributed by atoms with Crippen molar-refractivity contribution in [2.24, 2.45) is 0 Å². The van der Waals surface area contributed by atoms with Gasteiger partial charge in [-0.05, 0) is 28.6 Å². The van der Waals surface area contributed by atoms with Crippen LogP contribution in [0.2, 0.25) is 0 Å². The minimum atomic E-state index is -0.148. The lowest BCUT2D eigenvalue weighted by atomic mass is 10.2. The Balaban J connectivity index is 2.61. The number of nitrogens with one attached hydrogen (secondary N) is 1. The zero-order chi connectivity index (χ0) is 12.7. The molecular formula is C11H16BrN3OS. The Morgan fingerprint density at radius 3 is 2.94 bits per heavy atom. The van der Waals surface area contributed by atoms with Crippen molar-refractivity contribution in [3.63, 3.8) is 0 Å². The normalized spacial score (nSPS) is 10.3. The van der Waals surface area contributed by atoms with E-state index in [1.807, 2.05) is 6.26 Å². The summed E-state index contributed by atoms with van der Waals surface area (Å²) in [7, 11) is 0. The van der Waals surface area contributed by atoms with E-state index in [4.69, 9.17) is 0 Å². The van der Waals surface area contributed by atoms with Crippen molar-refractivity contribution in [2.45, 2.75) is 31.3 Å². The zero-order valence-corrected chi connectivity index (χ0v) is 12.4. The van der Waals surface area contributed by atoms with Crippen molar-refractivity contribution in [1.82, 2.24) is 15.3 Å². The molecule has 0 radical (unpaired) electrons. The van der Waals surface area contributed by atoms with Gasteiger partial charge in [-0.2, -0.15) is 0 Å². The lowest BCUT2D eigenvalue weighted by Crippen LogP contribution is -2.26. The van der Waals surface area contributed by atoms with Crippen LogP contribution >= 0.6 is 27.7 Å². The van der Waals surface area contributed by atoms with E-state index < -0.39 is 0 Å². The molecule has 0 saturated carbocycles. The molecule has 0 aliphatic carbocycles. The van der Waals surface area contributed by atoms with Gasteiger partial charge in [0.1, 0.15) is 5.69 Å². The monoisotopic (exact) mass is 317 g/mol. The summed E-state index contributed by atoms with van der Waals surface area (Å²) in [6, 6.07) is 0. The number of carbonyl (C=O) groups excluding carboxylic acids is 1. The maximum Gasteiger partial charge on any atom is 0.271 e. The molecule has 0 unspecified atom stereocenters. The second-order valence-corrected chi connectivity index (χ2v) is 5.14. The van der Waals surface area contributed by atoms with E-state index in [1.54, 1.807) is 6.20 Å². The van der Waals surface area contributed by atoms with Gasteiger partial charge in [0.2, 0.25) is 0 Å². The van der Waals surface area contributed by atoms with Crippen molar-refractivity contribution in [3.8, 4) is 0 Å². The molecular weight excluding hydrogens is 302 g/mol. The second-order valence-electron chi connectivity index (χ2n) is 3.52. The summed E-state index contributed by atoms with van der Waals surface area (Å²) in [5, 5.41) is 3.46. The lowest BCUT2D eigenvalue weighted by Gasteiger charge is -2.06. The number of amides is 1. The molecule has 0 aromatic carbocycles. The summed E-state index contributed by atoms with van der Waals surface area (Å²) in [5.74, 6) is -0.148. The molecule has 1 heterocycles. The summed E-state index contributed by atoms with van der Waals surface area (Å²) in [4.78, 5) is 20.1. The average molecular weight is 318 g/mol. The SMILES string of the molecule is CCCCCNC(=O)c1nc(SC)ncc1Br. The highest BCUT2D eigenvalue weighted by molar-refractivity contribution is 9.10. The van der Waals surface area contributed by atoms with Crippen molar-refractivity contribution in [3.05, 3.63) is 16.4 Å². The van der Waals surface area contributed by atoms with E-state index in [9.17, 15) is 4.79 Å². The predicted octanol–water partition coefficient (Wildman–Crippen LogP) is 2.88. The van der Waals surface area contributed by atoms with E-state index in [1.165, 1.54) is 11.8 Å². The van der Waals surface area contributed by atoms with Crippen LogP contribution < -0.4 is 5.32 Å². The maximum atomic E-state index is 11.9. The minimum absolute atomic E-state index is 0.148. The first-order valence-corrected chi connectivity index (χ1v) is 7.55. The Morgan fingerprint density at radius 1 is 1.53 bits per heavy atom. The Hall–Kier alpha value is -0.620. The number of aromatic nitrogens is 2. The van der Waals surface area contributed by atoms with Gasteiger partial charge in [0.25, 0.3) is 5.91 Å². The Bertz CT molecular complexity index is 387. The largest absolute Gasteiger partial charge is 0.351 e. The number of unbranched alkanes of at least 4 members (excludes halogenated alkanes) is 2. The van der Waals surface area contributed by atoms with Crippen LogP contribution in [0.1, 0.15) is 36.7 Å². The molecule has 1 aromatic rings. The summed E-state index contributed by atoms with van der Waals surface area (Å²) in [6.07, 6.45) is 6.76. The van der Waals surface area contributed by atoms with Crippen molar-refractivity contribution in [1.29, 1.82) is 0 Å². The fraction of sp³-hybridized carbons (Fsp3) is 0.545. The summed E-state index contributed by atoms with van der Waals surface area (Å²) in [6.45, 7) is 2.82. The van der Waals surface area contributed by atoms with Gasteiger partial charge in [-0.3, -0.25) is 4.79 Å². The van der Waals surface area contributed by atoms with Crippen LogP contribution in [0.3, 0.4) is 0 Å². The molecule has 4 nitrogen and oxygen atoms in total. The number of thioether (sulfide) groups is 1. The van der Waals surface area contributed by atoms with Crippen molar-refractivity contribution < 1.29 is 4.79 Å². The first-order chi connectivity index (χ1) is 8.19. The quantitative estimate of drug-likeness (QED) is 0.498. The van der Waals surface area contributed by atoms with Crippen LogP contribution in [0.4, 0.5) is 0 Å². The Kier molecular flexibility index (Phi) is 6.50. The van der Waals surface area contributed by atoms with E-state index >= 15 is 0 Å². The van der Waals surface area contributed by atoms with Gasteiger partial charge in [-0.25, -0.2) is 9.97 Å². The van der Waals surface area contributed by atoms with Crippen molar-refractivity contribution in [2.75, 3.05) is 12.8 Å². The van der Waals surface area contributed by atoms with Gasteiger partial charge < -0.3 is 5.32 Å². The molecule has 1 amide bonds. The number of carbonyl (C=O) groups is 1. The molecule has 0 aliphatic rings. The van der Waals surface area contributed by atoms with E-state index in [-0.39, 0.29) is 5.91 Å². The first-order valence-electron chi connectivity index (χ1n) is 5.53. The highest BCUT2D eigenvalue weighted by Crippen LogP contribution is 2.16. The Morgan fingerprint density at radius 2 is 2.29 bits per heavy atom. The molecule has 0 bridgehead atoms. The standard InChI is InChI=1S/C11H16BrN3OS/c1-3-4-5-6-13-10(16)9-8(12)7-14-11(15-9)17-2/h7H,3-6H2,1-2H3,(H,13,16). The number of rotatable bonds is 6. The zero-order valence-electron chi connectivity index (χ0n) is 9.99. The molecule has 0 spiro atoms. The third kappa shape index (κ3) is 4.63.